The van der Waals surface area contributed by atoms with Gasteiger partial charge in [0.2, 0.25) is 0 Å². The number of hydrogen-bond donors (Lipinski definition) is 1. The van der Waals surface area contributed by atoms with E-state index in [0.717, 1.165) is 11.3 Å². The molecule has 2 rings (SSSR count). The van der Waals surface area contributed by atoms with Crippen LogP contribution in [0.2, 0.25) is 0 Å². The normalized spacial score (nSPS) is 12.2. The summed E-state index contributed by atoms with van der Waals surface area (Å²) in [6.07, 6.45) is 0. The van der Waals surface area contributed by atoms with Crippen LogP contribution in [0.15, 0.2) is 42.5 Å². The van der Waals surface area contributed by atoms with Gasteiger partial charge in [-0.2, -0.15) is 0 Å². The van der Waals surface area contributed by atoms with E-state index in [9.17, 15) is 8.78 Å². The van der Waals surface area contributed by atoms with Crippen LogP contribution in [0.25, 0.3) is 0 Å². The molecule has 4 heteroatoms. The van der Waals surface area contributed by atoms with Crippen LogP contribution in [0.1, 0.15) is 24.1 Å². The Labute approximate surface area is 117 Å². The minimum atomic E-state index is -0.387. The highest BCUT2D eigenvalue weighted by Crippen LogP contribution is 2.28. The Morgan fingerprint density at radius 2 is 1.75 bits per heavy atom. The smallest absolute Gasteiger partial charge is 0.130 e. The first kappa shape index (κ1) is 14.5. The fourth-order valence-corrected chi connectivity index (χ4v) is 2.26. The summed E-state index contributed by atoms with van der Waals surface area (Å²) in [7, 11) is 1.87. The molecule has 0 saturated carbocycles. The van der Waals surface area contributed by atoms with Crippen LogP contribution in [0, 0.1) is 11.6 Å². The van der Waals surface area contributed by atoms with Gasteiger partial charge in [0.05, 0.1) is 0 Å². The van der Waals surface area contributed by atoms with Crippen LogP contribution in [0.3, 0.4) is 0 Å². The van der Waals surface area contributed by atoms with Gasteiger partial charge in [0, 0.05) is 30.9 Å². The van der Waals surface area contributed by atoms with Gasteiger partial charge in [-0.15, -0.1) is 0 Å². The maximum atomic E-state index is 13.9. The largest absolute Gasteiger partial charge is 0.370 e. The summed E-state index contributed by atoms with van der Waals surface area (Å²) >= 11 is 0. The Morgan fingerprint density at radius 3 is 2.35 bits per heavy atom. The second kappa shape index (κ2) is 6.01. The number of benzene rings is 2. The molecule has 106 valence electrons. The van der Waals surface area contributed by atoms with E-state index in [-0.39, 0.29) is 17.7 Å². The van der Waals surface area contributed by atoms with Gasteiger partial charge in [0.15, 0.2) is 0 Å². The van der Waals surface area contributed by atoms with E-state index < -0.39 is 0 Å². The lowest BCUT2D eigenvalue weighted by molar-refractivity contribution is 0.592. The van der Waals surface area contributed by atoms with Gasteiger partial charge in [-0.3, -0.25) is 0 Å². The van der Waals surface area contributed by atoms with Crippen LogP contribution in [-0.2, 0) is 6.54 Å². The third-order valence-corrected chi connectivity index (χ3v) is 3.23. The van der Waals surface area contributed by atoms with Crippen LogP contribution in [0.5, 0.6) is 0 Å². The van der Waals surface area contributed by atoms with Crippen molar-refractivity contribution >= 4 is 5.69 Å². The molecule has 1 atom stereocenters. The zero-order valence-electron chi connectivity index (χ0n) is 11.6. The van der Waals surface area contributed by atoms with E-state index in [0.29, 0.717) is 12.1 Å². The number of nitrogens with two attached hydrogens (primary N) is 1. The maximum Gasteiger partial charge on any atom is 0.130 e. The minimum absolute atomic E-state index is 0.265. The third-order valence-electron chi connectivity index (χ3n) is 3.23. The molecule has 0 saturated heterocycles. The van der Waals surface area contributed by atoms with E-state index >= 15 is 0 Å². The molecule has 0 aliphatic heterocycles. The molecule has 2 aromatic rings. The lowest BCUT2D eigenvalue weighted by Crippen LogP contribution is -2.21. The zero-order chi connectivity index (χ0) is 14.7. The van der Waals surface area contributed by atoms with E-state index in [1.54, 1.807) is 25.1 Å². The lowest BCUT2D eigenvalue weighted by atomic mass is 10.0. The van der Waals surface area contributed by atoms with E-state index in [1.807, 2.05) is 18.0 Å². The van der Waals surface area contributed by atoms with E-state index in [1.165, 1.54) is 18.2 Å². The van der Waals surface area contributed by atoms with Gasteiger partial charge in [-0.1, -0.05) is 18.2 Å². The topological polar surface area (TPSA) is 29.3 Å². The van der Waals surface area contributed by atoms with Crippen molar-refractivity contribution in [2.24, 2.45) is 5.73 Å². The standard InChI is InChI=1S/C16H18F2N2/c1-11(19)16-14(18)4-3-5-15(16)20(2)10-12-6-8-13(17)9-7-12/h3-9,11H,10,19H2,1-2H3. The van der Waals surface area contributed by atoms with Gasteiger partial charge in [-0.05, 0) is 36.8 Å². The van der Waals surface area contributed by atoms with Gasteiger partial charge < -0.3 is 10.6 Å². The van der Waals surface area contributed by atoms with Crippen molar-refractivity contribution in [1.29, 1.82) is 0 Å². The van der Waals surface area contributed by atoms with Crippen LogP contribution >= 0.6 is 0 Å². The lowest BCUT2D eigenvalue weighted by Gasteiger charge is -2.24. The average molecular weight is 276 g/mol. The summed E-state index contributed by atoms with van der Waals surface area (Å²) < 4.78 is 26.8. The summed E-state index contributed by atoms with van der Waals surface area (Å²) in [5, 5.41) is 0. The Balaban J connectivity index is 2.27. The second-order valence-electron chi connectivity index (χ2n) is 4.94. The third kappa shape index (κ3) is 3.14. The molecule has 0 aliphatic carbocycles. The maximum absolute atomic E-state index is 13.9. The van der Waals surface area contributed by atoms with Crippen molar-refractivity contribution in [3.05, 3.63) is 65.2 Å². The Kier molecular flexibility index (Phi) is 4.35. The van der Waals surface area contributed by atoms with Gasteiger partial charge >= 0.3 is 0 Å². The Hall–Kier alpha value is -1.94. The quantitative estimate of drug-likeness (QED) is 0.924. The fourth-order valence-electron chi connectivity index (χ4n) is 2.26. The number of rotatable bonds is 4. The monoisotopic (exact) mass is 276 g/mol. The molecular formula is C16H18F2N2. The molecule has 0 amide bonds. The van der Waals surface area contributed by atoms with Crippen molar-refractivity contribution in [3.63, 3.8) is 0 Å². The summed E-state index contributed by atoms with van der Waals surface area (Å²) in [5.74, 6) is -0.568. The highest BCUT2D eigenvalue weighted by molar-refractivity contribution is 5.55. The molecule has 0 heterocycles. The van der Waals surface area contributed by atoms with Gasteiger partial charge in [0.1, 0.15) is 11.6 Å². The van der Waals surface area contributed by atoms with E-state index in [2.05, 4.69) is 0 Å². The van der Waals surface area contributed by atoms with Crippen LogP contribution < -0.4 is 10.6 Å². The second-order valence-corrected chi connectivity index (χ2v) is 4.94. The highest BCUT2D eigenvalue weighted by Gasteiger charge is 2.15. The predicted octanol–water partition coefficient (Wildman–Crippen LogP) is 3.62. The summed E-state index contributed by atoms with van der Waals surface area (Å²) in [5.41, 5.74) is 8.05. The summed E-state index contributed by atoms with van der Waals surface area (Å²) in [4.78, 5) is 1.91. The summed E-state index contributed by atoms with van der Waals surface area (Å²) in [6.45, 7) is 2.32. The van der Waals surface area contributed by atoms with Crippen LogP contribution in [-0.4, -0.2) is 7.05 Å². The molecule has 20 heavy (non-hydrogen) atoms. The highest BCUT2D eigenvalue weighted by atomic mass is 19.1. The number of anilines is 1. The molecule has 0 aromatic heterocycles. The number of halogens is 2. The van der Waals surface area contributed by atoms with Crippen molar-refractivity contribution in [1.82, 2.24) is 0 Å². The van der Waals surface area contributed by atoms with Gasteiger partial charge in [-0.25, -0.2) is 8.78 Å². The molecule has 2 aromatic carbocycles. The Morgan fingerprint density at radius 1 is 1.10 bits per heavy atom. The molecule has 2 nitrogen and oxygen atoms in total. The molecule has 0 spiro atoms. The van der Waals surface area contributed by atoms with Crippen LogP contribution in [0.4, 0.5) is 14.5 Å². The first-order valence-electron chi connectivity index (χ1n) is 6.48. The average Bonchev–Trinajstić information content (AvgIpc) is 2.40. The SMILES string of the molecule is CC(N)c1c(F)cccc1N(C)Cc1ccc(F)cc1. The number of hydrogen-bond acceptors (Lipinski definition) is 2. The molecular weight excluding hydrogens is 258 g/mol. The van der Waals surface area contributed by atoms with E-state index in [4.69, 9.17) is 5.73 Å². The molecule has 0 bridgehead atoms. The molecule has 1 unspecified atom stereocenters. The molecule has 0 aliphatic rings. The molecule has 0 radical (unpaired) electrons. The fraction of sp³-hybridized carbons (Fsp3) is 0.250. The van der Waals surface area contributed by atoms with Crippen molar-refractivity contribution < 1.29 is 8.78 Å². The van der Waals surface area contributed by atoms with Crippen molar-refractivity contribution in [2.45, 2.75) is 19.5 Å². The Bertz CT molecular complexity index is 580. The van der Waals surface area contributed by atoms with Gasteiger partial charge in [0.25, 0.3) is 0 Å². The predicted molar refractivity (Wildman–Crippen MR) is 77.5 cm³/mol. The minimum Gasteiger partial charge on any atom is -0.370 e. The molecule has 0 fully saturated rings. The zero-order valence-corrected chi connectivity index (χ0v) is 11.6. The van der Waals surface area contributed by atoms with Crippen molar-refractivity contribution in [2.75, 3.05) is 11.9 Å². The first-order valence-corrected chi connectivity index (χ1v) is 6.48. The van der Waals surface area contributed by atoms with Crippen molar-refractivity contribution in [3.8, 4) is 0 Å². The number of nitrogens with zero attached hydrogens (tertiary/aromatic N) is 1. The summed E-state index contributed by atoms with van der Waals surface area (Å²) in [6, 6.07) is 10.8. The first-order chi connectivity index (χ1) is 9.49. The molecule has 2 N–H and O–H groups in total.